The lowest BCUT2D eigenvalue weighted by Gasteiger charge is -2.15. The van der Waals surface area contributed by atoms with E-state index < -0.39 is 0 Å². The van der Waals surface area contributed by atoms with Crippen LogP contribution in [0.3, 0.4) is 0 Å². The molecule has 0 saturated carbocycles. The van der Waals surface area contributed by atoms with E-state index in [1.807, 2.05) is 25.8 Å². The Balaban J connectivity index is 2.03. The molecule has 0 fully saturated rings. The third-order valence-electron chi connectivity index (χ3n) is 2.26. The minimum absolute atomic E-state index is 1.06. The Hall–Kier alpha value is -0.870. The first kappa shape index (κ1) is 11.2. The molecule has 80 valence electrons. The topological polar surface area (TPSA) is 33.1 Å². The van der Waals surface area contributed by atoms with Crippen molar-refractivity contribution >= 4 is 0 Å². The van der Waals surface area contributed by atoms with Gasteiger partial charge in [0.2, 0.25) is 0 Å². The Labute approximate surface area is 85.9 Å². The van der Waals surface area contributed by atoms with E-state index in [0.717, 1.165) is 26.2 Å². The van der Waals surface area contributed by atoms with Crippen LogP contribution in [0.1, 0.15) is 6.42 Å². The molecule has 1 aromatic heterocycles. The summed E-state index contributed by atoms with van der Waals surface area (Å²) in [6.45, 7) is 4.37. The molecule has 0 atom stereocenters. The van der Waals surface area contributed by atoms with Gasteiger partial charge < -0.3 is 14.8 Å². The van der Waals surface area contributed by atoms with E-state index in [-0.39, 0.29) is 0 Å². The second-order valence-corrected chi connectivity index (χ2v) is 3.56. The van der Waals surface area contributed by atoms with Crippen LogP contribution in [0.5, 0.6) is 0 Å². The predicted molar refractivity (Wildman–Crippen MR) is 58.3 cm³/mol. The van der Waals surface area contributed by atoms with Crippen molar-refractivity contribution in [2.75, 3.05) is 33.7 Å². The Morgan fingerprint density at radius 3 is 2.93 bits per heavy atom. The van der Waals surface area contributed by atoms with E-state index in [4.69, 9.17) is 0 Å². The maximum Gasteiger partial charge on any atom is 0.0945 e. The van der Waals surface area contributed by atoms with E-state index in [0.29, 0.717) is 0 Å². The van der Waals surface area contributed by atoms with Gasteiger partial charge in [0.05, 0.1) is 6.33 Å². The lowest BCUT2D eigenvalue weighted by atomic mass is 10.4. The zero-order valence-electron chi connectivity index (χ0n) is 9.11. The molecular formula is C10H20N4. The number of nitrogens with zero attached hydrogens (tertiary/aromatic N) is 3. The number of aryl methyl sites for hydroxylation is 1. The molecule has 0 unspecified atom stereocenters. The molecule has 1 heterocycles. The van der Waals surface area contributed by atoms with Gasteiger partial charge in [-0.2, -0.15) is 0 Å². The van der Waals surface area contributed by atoms with Crippen molar-refractivity contribution in [1.82, 2.24) is 19.8 Å². The molecule has 0 radical (unpaired) electrons. The molecule has 0 saturated heterocycles. The summed E-state index contributed by atoms with van der Waals surface area (Å²) in [7, 11) is 4.14. The first-order valence-corrected chi connectivity index (χ1v) is 5.12. The molecule has 0 aromatic carbocycles. The van der Waals surface area contributed by atoms with Crippen LogP contribution < -0.4 is 5.32 Å². The number of aromatic nitrogens is 2. The van der Waals surface area contributed by atoms with Crippen molar-refractivity contribution in [3.63, 3.8) is 0 Å². The Morgan fingerprint density at radius 1 is 1.43 bits per heavy atom. The third-order valence-corrected chi connectivity index (χ3v) is 2.26. The van der Waals surface area contributed by atoms with E-state index in [1.54, 1.807) is 0 Å². The van der Waals surface area contributed by atoms with Gasteiger partial charge in [-0.15, -0.1) is 0 Å². The van der Waals surface area contributed by atoms with Gasteiger partial charge in [0, 0.05) is 32.0 Å². The van der Waals surface area contributed by atoms with Crippen molar-refractivity contribution in [2.45, 2.75) is 13.0 Å². The standard InChI is InChI=1S/C10H20N4/c1-11-4-8-13(2)6-3-7-14-9-5-12-10-14/h5,9-11H,3-4,6-8H2,1-2H3. The number of likely N-dealkylation sites (N-methyl/N-ethyl adjacent to an activating group) is 2. The molecule has 0 amide bonds. The smallest absolute Gasteiger partial charge is 0.0945 e. The van der Waals surface area contributed by atoms with Crippen molar-refractivity contribution in [3.8, 4) is 0 Å². The summed E-state index contributed by atoms with van der Waals surface area (Å²) in [4.78, 5) is 6.35. The zero-order valence-corrected chi connectivity index (χ0v) is 9.11. The molecule has 0 aliphatic carbocycles. The molecule has 0 aliphatic heterocycles. The summed E-state index contributed by atoms with van der Waals surface area (Å²) in [6, 6.07) is 0. The number of nitrogens with one attached hydrogen (secondary N) is 1. The van der Waals surface area contributed by atoms with E-state index in [9.17, 15) is 0 Å². The number of rotatable bonds is 7. The van der Waals surface area contributed by atoms with Gasteiger partial charge in [-0.25, -0.2) is 4.98 Å². The quantitative estimate of drug-likeness (QED) is 0.686. The SMILES string of the molecule is CNCCN(C)CCCn1ccnc1. The molecule has 0 spiro atoms. The van der Waals surface area contributed by atoms with Crippen molar-refractivity contribution in [3.05, 3.63) is 18.7 Å². The highest BCUT2D eigenvalue weighted by atomic mass is 15.1. The van der Waals surface area contributed by atoms with Crippen molar-refractivity contribution < 1.29 is 0 Å². The Morgan fingerprint density at radius 2 is 2.29 bits per heavy atom. The summed E-state index contributed by atoms with van der Waals surface area (Å²) in [6.07, 6.45) is 6.88. The summed E-state index contributed by atoms with van der Waals surface area (Å²) in [5.74, 6) is 0. The Kier molecular flexibility index (Phi) is 5.25. The highest BCUT2D eigenvalue weighted by Gasteiger charge is 1.96. The number of imidazole rings is 1. The summed E-state index contributed by atoms with van der Waals surface area (Å²) in [5, 5.41) is 3.15. The highest BCUT2D eigenvalue weighted by Crippen LogP contribution is 1.92. The summed E-state index contributed by atoms with van der Waals surface area (Å²) >= 11 is 0. The van der Waals surface area contributed by atoms with Crippen LogP contribution in [-0.4, -0.2) is 48.2 Å². The number of hydrogen-bond acceptors (Lipinski definition) is 3. The van der Waals surface area contributed by atoms with Gasteiger partial charge >= 0.3 is 0 Å². The average molecular weight is 196 g/mol. The van der Waals surface area contributed by atoms with Crippen LogP contribution in [0, 0.1) is 0 Å². The van der Waals surface area contributed by atoms with Gasteiger partial charge in [0.1, 0.15) is 0 Å². The molecular weight excluding hydrogens is 176 g/mol. The monoisotopic (exact) mass is 196 g/mol. The maximum absolute atomic E-state index is 4.01. The largest absolute Gasteiger partial charge is 0.337 e. The number of hydrogen-bond donors (Lipinski definition) is 1. The molecule has 0 bridgehead atoms. The first-order chi connectivity index (χ1) is 6.83. The molecule has 1 aromatic rings. The summed E-state index contributed by atoms with van der Waals surface area (Å²) < 4.78 is 2.12. The molecule has 14 heavy (non-hydrogen) atoms. The average Bonchev–Trinajstić information content (AvgIpc) is 2.67. The third kappa shape index (κ3) is 4.39. The fourth-order valence-corrected chi connectivity index (χ4v) is 1.36. The van der Waals surface area contributed by atoms with E-state index in [1.165, 1.54) is 6.42 Å². The van der Waals surface area contributed by atoms with Crippen LogP contribution in [0.4, 0.5) is 0 Å². The second-order valence-electron chi connectivity index (χ2n) is 3.56. The van der Waals surface area contributed by atoms with Gasteiger partial charge in [0.15, 0.2) is 0 Å². The van der Waals surface area contributed by atoms with Crippen LogP contribution in [0.2, 0.25) is 0 Å². The maximum atomic E-state index is 4.01. The fraction of sp³-hybridized carbons (Fsp3) is 0.700. The molecule has 1 rings (SSSR count). The lowest BCUT2D eigenvalue weighted by Crippen LogP contribution is -2.28. The van der Waals surface area contributed by atoms with Crippen LogP contribution >= 0.6 is 0 Å². The van der Waals surface area contributed by atoms with Crippen LogP contribution in [0.25, 0.3) is 0 Å². The van der Waals surface area contributed by atoms with Crippen LogP contribution in [0.15, 0.2) is 18.7 Å². The lowest BCUT2D eigenvalue weighted by molar-refractivity contribution is 0.322. The van der Waals surface area contributed by atoms with E-state index in [2.05, 4.69) is 26.8 Å². The van der Waals surface area contributed by atoms with Crippen molar-refractivity contribution in [2.24, 2.45) is 0 Å². The van der Waals surface area contributed by atoms with Gasteiger partial charge in [-0.1, -0.05) is 0 Å². The van der Waals surface area contributed by atoms with Crippen LogP contribution in [-0.2, 0) is 6.54 Å². The Bertz CT molecular complexity index is 220. The predicted octanol–water partition coefficient (Wildman–Crippen LogP) is 0.424. The molecule has 0 aliphatic rings. The zero-order chi connectivity index (χ0) is 10.2. The normalized spacial score (nSPS) is 11.1. The molecule has 4 heteroatoms. The van der Waals surface area contributed by atoms with Gasteiger partial charge in [0.25, 0.3) is 0 Å². The van der Waals surface area contributed by atoms with E-state index >= 15 is 0 Å². The molecule has 4 nitrogen and oxygen atoms in total. The summed E-state index contributed by atoms with van der Waals surface area (Å²) in [5.41, 5.74) is 0. The fourth-order valence-electron chi connectivity index (χ4n) is 1.36. The van der Waals surface area contributed by atoms with Gasteiger partial charge in [-0.3, -0.25) is 0 Å². The van der Waals surface area contributed by atoms with Gasteiger partial charge in [-0.05, 0) is 27.1 Å². The minimum atomic E-state index is 1.06. The van der Waals surface area contributed by atoms with Crippen molar-refractivity contribution in [1.29, 1.82) is 0 Å². The minimum Gasteiger partial charge on any atom is -0.337 e. The highest BCUT2D eigenvalue weighted by molar-refractivity contribution is 4.73. The molecule has 1 N–H and O–H groups in total. The first-order valence-electron chi connectivity index (χ1n) is 5.12. The second kappa shape index (κ2) is 6.56.